The number of ketones is 1. The number of carbonyl (C=O) groups is 1. The molecule has 0 aliphatic carbocycles. The Morgan fingerprint density at radius 3 is 2.50 bits per heavy atom. The minimum absolute atomic E-state index is 0.165. The molecule has 0 aromatic carbocycles. The lowest BCUT2D eigenvalue weighted by Crippen LogP contribution is -2.40. The van der Waals surface area contributed by atoms with Crippen LogP contribution in [0.1, 0.15) is 46.0 Å². The average Bonchev–Trinajstić information content (AvgIpc) is 2.24. The fraction of sp³-hybridized carbons (Fsp3) is 0.750. The lowest BCUT2D eigenvalue weighted by molar-refractivity contribution is -0.155. The molecule has 2 nitrogen and oxygen atoms in total. The number of aliphatic hydroxyl groups is 1. The Labute approximate surface area is 95.4 Å². The van der Waals surface area contributed by atoms with Crippen LogP contribution in [0.3, 0.4) is 0 Å². The smallest absolute Gasteiger partial charge is 0.333 e. The van der Waals surface area contributed by atoms with E-state index in [1.807, 2.05) is 6.92 Å². The van der Waals surface area contributed by atoms with Gasteiger partial charge in [0, 0.05) is 6.42 Å². The van der Waals surface area contributed by atoms with Crippen molar-refractivity contribution >= 4 is 5.78 Å². The minimum Gasteiger partial charge on any atom is -0.382 e. The van der Waals surface area contributed by atoms with Gasteiger partial charge in [0.25, 0.3) is 0 Å². The molecule has 0 radical (unpaired) electrons. The van der Waals surface area contributed by atoms with E-state index >= 15 is 0 Å². The van der Waals surface area contributed by atoms with Crippen LogP contribution in [0.2, 0.25) is 0 Å². The van der Waals surface area contributed by atoms with Crippen molar-refractivity contribution in [2.24, 2.45) is 0 Å². The first-order chi connectivity index (χ1) is 7.46. The number of hydrogen-bond acceptors (Lipinski definition) is 2. The molecule has 0 rings (SSSR count). The van der Waals surface area contributed by atoms with Crippen LogP contribution in [0.4, 0.5) is 8.78 Å². The Kier molecular flexibility index (Phi) is 7.13. The van der Waals surface area contributed by atoms with E-state index in [9.17, 15) is 13.6 Å². The molecule has 0 fully saturated rings. The number of allylic oxidation sites excluding steroid dienone is 1. The van der Waals surface area contributed by atoms with Gasteiger partial charge in [-0.15, -0.1) is 0 Å². The first kappa shape index (κ1) is 15.2. The molecular formula is C12H20F2O2. The molecule has 0 aromatic heterocycles. The quantitative estimate of drug-likeness (QED) is 0.517. The fourth-order valence-electron chi connectivity index (χ4n) is 1.35. The third kappa shape index (κ3) is 4.84. The van der Waals surface area contributed by atoms with Crippen molar-refractivity contribution in [3.63, 3.8) is 0 Å². The second kappa shape index (κ2) is 7.49. The van der Waals surface area contributed by atoms with Crippen LogP contribution in [0.15, 0.2) is 12.2 Å². The molecule has 0 saturated carbocycles. The number of carbonyl (C=O) groups excluding carboxylic acids is 1. The first-order valence-corrected chi connectivity index (χ1v) is 5.68. The molecule has 0 saturated heterocycles. The Bertz CT molecular complexity index is 237. The van der Waals surface area contributed by atoms with Crippen LogP contribution in [0.5, 0.6) is 0 Å². The van der Waals surface area contributed by atoms with Gasteiger partial charge in [0.05, 0.1) is 0 Å². The van der Waals surface area contributed by atoms with E-state index in [0.717, 1.165) is 25.3 Å². The largest absolute Gasteiger partial charge is 0.382 e. The molecule has 4 heteroatoms. The highest BCUT2D eigenvalue weighted by molar-refractivity contribution is 5.86. The van der Waals surface area contributed by atoms with Gasteiger partial charge in [-0.3, -0.25) is 4.79 Å². The van der Waals surface area contributed by atoms with Gasteiger partial charge in [0.15, 0.2) is 0 Å². The van der Waals surface area contributed by atoms with Crippen molar-refractivity contribution in [2.75, 3.05) is 0 Å². The third-order valence-electron chi connectivity index (χ3n) is 2.38. The van der Waals surface area contributed by atoms with E-state index in [4.69, 9.17) is 5.11 Å². The van der Waals surface area contributed by atoms with E-state index in [2.05, 4.69) is 0 Å². The summed E-state index contributed by atoms with van der Waals surface area (Å²) in [6, 6.07) is 0. The first-order valence-electron chi connectivity index (χ1n) is 5.68. The van der Waals surface area contributed by atoms with Crippen LogP contribution in [0, 0.1) is 0 Å². The van der Waals surface area contributed by atoms with Crippen molar-refractivity contribution in [1.29, 1.82) is 0 Å². The van der Waals surface area contributed by atoms with Gasteiger partial charge in [-0.2, -0.15) is 8.78 Å². The zero-order chi connectivity index (χ0) is 12.6. The highest BCUT2D eigenvalue weighted by atomic mass is 19.3. The molecule has 1 atom stereocenters. The summed E-state index contributed by atoms with van der Waals surface area (Å²) in [5.74, 6) is -4.83. The summed E-state index contributed by atoms with van der Waals surface area (Å²) < 4.78 is 26.5. The Balaban J connectivity index is 4.13. The molecule has 0 aliphatic rings. The van der Waals surface area contributed by atoms with Crippen LogP contribution in [0.25, 0.3) is 0 Å². The predicted molar refractivity (Wildman–Crippen MR) is 59.5 cm³/mol. The summed E-state index contributed by atoms with van der Waals surface area (Å²) in [7, 11) is 0. The maximum absolute atomic E-state index is 13.3. The monoisotopic (exact) mass is 234 g/mol. The SMILES string of the molecule is C/C=C/C(O)C(F)(F)C(=O)CCCCCC. The second-order valence-corrected chi connectivity index (χ2v) is 3.83. The molecule has 0 heterocycles. The molecule has 0 amide bonds. The Morgan fingerprint density at radius 1 is 1.38 bits per heavy atom. The number of alkyl halides is 2. The van der Waals surface area contributed by atoms with Crippen LogP contribution >= 0.6 is 0 Å². The van der Waals surface area contributed by atoms with Crippen molar-refractivity contribution < 1.29 is 18.7 Å². The van der Waals surface area contributed by atoms with E-state index in [-0.39, 0.29) is 6.42 Å². The molecule has 1 N–H and O–H groups in total. The fourth-order valence-corrected chi connectivity index (χ4v) is 1.35. The molecule has 16 heavy (non-hydrogen) atoms. The lowest BCUT2D eigenvalue weighted by atomic mass is 10.0. The van der Waals surface area contributed by atoms with Gasteiger partial charge in [-0.05, 0) is 13.3 Å². The van der Waals surface area contributed by atoms with E-state index in [1.54, 1.807) is 0 Å². The maximum Gasteiger partial charge on any atom is 0.333 e. The average molecular weight is 234 g/mol. The molecule has 0 aliphatic heterocycles. The summed E-state index contributed by atoms with van der Waals surface area (Å²) in [4.78, 5) is 11.2. The Hall–Kier alpha value is -0.770. The van der Waals surface area contributed by atoms with Gasteiger partial charge in [-0.1, -0.05) is 38.3 Å². The van der Waals surface area contributed by atoms with Gasteiger partial charge in [0.1, 0.15) is 6.10 Å². The summed E-state index contributed by atoms with van der Waals surface area (Å²) in [6.45, 7) is 3.53. The minimum atomic E-state index is -3.65. The number of halogens is 2. The highest BCUT2D eigenvalue weighted by Gasteiger charge is 2.43. The van der Waals surface area contributed by atoms with Crippen LogP contribution < -0.4 is 0 Å². The number of unbranched alkanes of at least 4 members (excludes halogenated alkanes) is 3. The maximum atomic E-state index is 13.3. The van der Waals surface area contributed by atoms with Gasteiger partial charge in [-0.25, -0.2) is 0 Å². The lowest BCUT2D eigenvalue weighted by Gasteiger charge is -2.18. The summed E-state index contributed by atoms with van der Waals surface area (Å²) >= 11 is 0. The topological polar surface area (TPSA) is 37.3 Å². The predicted octanol–water partition coefficient (Wildman–Crippen LogP) is 3.10. The number of rotatable bonds is 8. The summed E-state index contributed by atoms with van der Waals surface area (Å²) in [5, 5.41) is 9.09. The molecule has 0 bridgehead atoms. The molecule has 94 valence electrons. The van der Waals surface area contributed by atoms with Gasteiger partial charge < -0.3 is 5.11 Å². The van der Waals surface area contributed by atoms with E-state index in [1.165, 1.54) is 13.0 Å². The van der Waals surface area contributed by atoms with Gasteiger partial charge >= 0.3 is 5.92 Å². The van der Waals surface area contributed by atoms with E-state index in [0.29, 0.717) is 6.42 Å². The van der Waals surface area contributed by atoms with E-state index < -0.39 is 17.8 Å². The van der Waals surface area contributed by atoms with Crippen LogP contribution in [-0.2, 0) is 4.79 Å². The normalized spacial score (nSPS) is 14.3. The third-order valence-corrected chi connectivity index (χ3v) is 2.38. The number of aliphatic hydroxyl groups excluding tert-OH is 1. The van der Waals surface area contributed by atoms with Crippen molar-refractivity contribution in [3.8, 4) is 0 Å². The zero-order valence-electron chi connectivity index (χ0n) is 9.88. The number of Topliss-reactive ketones (excluding diaryl/α,β-unsaturated/α-hetero) is 1. The summed E-state index contributed by atoms with van der Waals surface area (Å²) in [5.41, 5.74) is 0. The second-order valence-electron chi connectivity index (χ2n) is 3.83. The highest BCUT2D eigenvalue weighted by Crippen LogP contribution is 2.23. The van der Waals surface area contributed by atoms with Crippen LogP contribution in [-0.4, -0.2) is 22.9 Å². The molecular weight excluding hydrogens is 214 g/mol. The molecule has 1 unspecified atom stereocenters. The zero-order valence-corrected chi connectivity index (χ0v) is 9.88. The van der Waals surface area contributed by atoms with Gasteiger partial charge in [0.2, 0.25) is 5.78 Å². The Morgan fingerprint density at radius 2 is 2.00 bits per heavy atom. The molecule has 0 spiro atoms. The number of hydrogen-bond donors (Lipinski definition) is 1. The van der Waals surface area contributed by atoms with Crippen molar-refractivity contribution in [2.45, 2.75) is 58.0 Å². The molecule has 0 aromatic rings. The van der Waals surface area contributed by atoms with Crippen molar-refractivity contribution in [3.05, 3.63) is 12.2 Å². The van der Waals surface area contributed by atoms with Crippen molar-refractivity contribution in [1.82, 2.24) is 0 Å². The standard InChI is InChI=1S/C12H20F2O2/c1-3-5-6-7-9-11(16)12(13,14)10(15)8-4-2/h4,8,10,15H,3,5-7,9H2,1-2H3/b8-4+. The summed E-state index contributed by atoms with van der Waals surface area (Å²) in [6.07, 6.45) is 3.25.